The molecule has 6 atom stereocenters. The Morgan fingerprint density at radius 3 is 2.82 bits per heavy atom. The molecule has 0 aromatic rings. The first-order valence-corrected chi connectivity index (χ1v) is 8.66. The third-order valence-electron chi connectivity index (χ3n) is 7.50. The first-order chi connectivity index (χ1) is 10.4. The summed E-state index contributed by atoms with van der Waals surface area (Å²) in [4.78, 5) is 11.8. The summed E-state index contributed by atoms with van der Waals surface area (Å²) in [5.74, 6) is 1.47. The lowest BCUT2D eigenvalue weighted by Gasteiger charge is -2.56. The van der Waals surface area contributed by atoms with Crippen LogP contribution in [-0.4, -0.2) is 17.0 Å². The second-order valence-corrected chi connectivity index (χ2v) is 8.33. The number of rotatable bonds is 0. The summed E-state index contributed by atoms with van der Waals surface area (Å²) in [7, 11) is 0. The van der Waals surface area contributed by atoms with E-state index in [0.717, 1.165) is 24.8 Å². The van der Waals surface area contributed by atoms with Gasteiger partial charge in [-0.15, -0.1) is 0 Å². The average Bonchev–Trinajstić information content (AvgIpc) is 2.77. The van der Waals surface area contributed by atoms with E-state index in [4.69, 9.17) is 0 Å². The van der Waals surface area contributed by atoms with Crippen LogP contribution in [0.4, 0.5) is 0 Å². The SMILES string of the molecule is C=C1CCC2C3C(CC[C@]12C)[C@@]1(C)C=CC(=O)CC1=C[C@@H]3O. The number of fused-ring (bicyclic) bond motifs is 5. The van der Waals surface area contributed by atoms with E-state index in [-0.39, 0.29) is 16.6 Å². The number of carbonyl (C=O) groups is 1. The maximum Gasteiger partial charge on any atom is 0.159 e. The van der Waals surface area contributed by atoms with Gasteiger partial charge < -0.3 is 5.11 Å². The van der Waals surface area contributed by atoms with E-state index in [0.29, 0.717) is 24.2 Å². The van der Waals surface area contributed by atoms with Gasteiger partial charge in [0.1, 0.15) is 0 Å². The van der Waals surface area contributed by atoms with E-state index < -0.39 is 6.10 Å². The first kappa shape index (κ1) is 14.4. The average molecular weight is 298 g/mol. The molecule has 0 radical (unpaired) electrons. The van der Waals surface area contributed by atoms with Gasteiger partial charge >= 0.3 is 0 Å². The summed E-state index contributed by atoms with van der Waals surface area (Å²) in [6, 6.07) is 0. The zero-order valence-corrected chi connectivity index (χ0v) is 13.6. The van der Waals surface area contributed by atoms with Crippen molar-refractivity contribution in [1.82, 2.24) is 0 Å². The van der Waals surface area contributed by atoms with Gasteiger partial charge in [0.25, 0.3) is 0 Å². The molecular formula is C20H26O2. The molecule has 22 heavy (non-hydrogen) atoms. The highest BCUT2D eigenvalue weighted by atomic mass is 16.3. The first-order valence-electron chi connectivity index (χ1n) is 8.66. The Morgan fingerprint density at radius 2 is 2.05 bits per heavy atom. The minimum absolute atomic E-state index is 0.0386. The summed E-state index contributed by atoms with van der Waals surface area (Å²) in [5.41, 5.74) is 2.70. The van der Waals surface area contributed by atoms with Crippen LogP contribution in [0, 0.1) is 28.6 Å². The molecule has 2 saturated carbocycles. The normalized spacial score (nSPS) is 50.2. The maximum absolute atomic E-state index is 11.8. The van der Waals surface area contributed by atoms with Crippen LogP contribution in [-0.2, 0) is 4.79 Å². The van der Waals surface area contributed by atoms with Gasteiger partial charge in [-0.25, -0.2) is 0 Å². The Balaban J connectivity index is 1.79. The second kappa shape index (κ2) is 4.44. The number of ketones is 1. The van der Waals surface area contributed by atoms with Crippen molar-refractivity contribution >= 4 is 5.78 Å². The highest BCUT2D eigenvalue weighted by Gasteiger charge is 2.58. The van der Waals surface area contributed by atoms with Gasteiger partial charge in [-0.3, -0.25) is 4.79 Å². The molecule has 0 amide bonds. The molecule has 4 rings (SSSR count). The van der Waals surface area contributed by atoms with Crippen molar-refractivity contribution < 1.29 is 9.90 Å². The van der Waals surface area contributed by atoms with Crippen molar-refractivity contribution in [3.8, 4) is 0 Å². The fraction of sp³-hybridized carbons (Fsp3) is 0.650. The number of hydrogen-bond donors (Lipinski definition) is 1. The van der Waals surface area contributed by atoms with E-state index in [1.165, 1.54) is 12.0 Å². The quantitative estimate of drug-likeness (QED) is 0.690. The number of hydrogen-bond acceptors (Lipinski definition) is 2. The van der Waals surface area contributed by atoms with Crippen LogP contribution < -0.4 is 0 Å². The van der Waals surface area contributed by atoms with Gasteiger partial charge in [0.05, 0.1) is 6.10 Å². The molecule has 0 aromatic carbocycles. The van der Waals surface area contributed by atoms with Crippen LogP contribution in [0.2, 0.25) is 0 Å². The summed E-state index contributed by atoms with van der Waals surface area (Å²) < 4.78 is 0. The zero-order valence-electron chi connectivity index (χ0n) is 13.6. The van der Waals surface area contributed by atoms with Crippen LogP contribution in [0.5, 0.6) is 0 Å². The van der Waals surface area contributed by atoms with E-state index in [1.54, 1.807) is 6.08 Å². The Labute approximate surface area is 133 Å². The predicted molar refractivity (Wildman–Crippen MR) is 87.1 cm³/mol. The fourth-order valence-electron chi connectivity index (χ4n) is 6.01. The molecule has 0 aromatic heterocycles. The zero-order chi connectivity index (χ0) is 15.7. The third-order valence-corrected chi connectivity index (χ3v) is 7.50. The largest absolute Gasteiger partial charge is 0.389 e. The summed E-state index contributed by atoms with van der Waals surface area (Å²) in [6.45, 7) is 8.96. The van der Waals surface area contributed by atoms with Gasteiger partial charge in [0.15, 0.2) is 5.78 Å². The number of carbonyl (C=O) groups excluding carboxylic acids is 1. The van der Waals surface area contributed by atoms with E-state index in [2.05, 4.69) is 26.5 Å². The molecule has 2 nitrogen and oxygen atoms in total. The van der Waals surface area contributed by atoms with Gasteiger partial charge in [-0.1, -0.05) is 43.7 Å². The lowest BCUT2D eigenvalue weighted by molar-refractivity contribution is -0.115. The lowest BCUT2D eigenvalue weighted by atomic mass is 9.48. The molecule has 2 fully saturated rings. The minimum atomic E-state index is -0.400. The molecule has 4 aliphatic rings. The lowest BCUT2D eigenvalue weighted by Crippen LogP contribution is -2.52. The molecule has 0 aliphatic heterocycles. The minimum Gasteiger partial charge on any atom is -0.389 e. The summed E-state index contributed by atoms with van der Waals surface area (Å²) in [5, 5.41) is 10.9. The number of aliphatic hydroxyl groups excluding tert-OH is 1. The van der Waals surface area contributed by atoms with Crippen LogP contribution in [0.25, 0.3) is 0 Å². The molecule has 0 heterocycles. The Morgan fingerprint density at radius 1 is 1.27 bits per heavy atom. The molecule has 1 N–H and O–H groups in total. The third kappa shape index (κ3) is 1.68. The second-order valence-electron chi connectivity index (χ2n) is 8.33. The summed E-state index contributed by atoms with van der Waals surface area (Å²) in [6.07, 6.45) is 10.6. The van der Waals surface area contributed by atoms with E-state index in [9.17, 15) is 9.90 Å². The van der Waals surface area contributed by atoms with Crippen LogP contribution in [0.15, 0.2) is 36.0 Å². The smallest absolute Gasteiger partial charge is 0.159 e. The van der Waals surface area contributed by atoms with Crippen molar-refractivity contribution in [1.29, 1.82) is 0 Å². The number of allylic oxidation sites excluding steroid dienone is 4. The molecule has 118 valence electrons. The predicted octanol–water partition coefficient (Wildman–Crippen LogP) is 3.82. The van der Waals surface area contributed by atoms with Crippen molar-refractivity contribution in [2.45, 2.75) is 52.1 Å². The molecule has 2 heteroatoms. The topological polar surface area (TPSA) is 37.3 Å². The van der Waals surface area contributed by atoms with Crippen molar-refractivity contribution in [3.63, 3.8) is 0 Å². The van der Waals surface area contributed by atoms with Gasteiger partial charge in [-0.2, -0.15) is 0 Å². The Bertz CT molecular complexity index is 613. The molecule has 4 aliphatic carbocycles. The Kier molecular flexibility index (Phi) is 2.92. The van der Waals surface area contributed by atoms with E-state index >= 15 is 0 Å². The molecule has 0 spiro atoms. The Hall–Kier alpha value is -1.15. The number of aliphatic hydroxyl groups is 1. The van der Waals surface area contributed by atoms with Crippen LogP contribution in [0.3, 0.4) is 0 Å². The van der Waals surface area contributed by atoms with Gasteiger partial charge in [0.2, 0.25) is 0 Å². The maximum atomic E-state index is 11.8. The van der Waals surface area contributed by atoms with Gasteiger partial charge in [0, 0.05) is 11.8 Å². The molecule has 3 unspecified atom stereocenters. The van der Waals surface area contributed by atoms with Crippen molar-refractivity contribution in [2.75, 3.05) is 0 Å². The van der Waals surface area contributed by atoms with Crippen molar-refractivity contribution in [3.05, 3.63) is 36.0 Å². The molecule has 0 bridgehead atoms. The van der Waals surface area contributed by atoms with Crippen LogP contribution in [0.1, 0.15) is 46.0 Å². The molecular weight excluding hydrogens is 272 g/mol. The van der Waals surface area contributed by atoms with E-state index in [1.807, 2.05) is 6.08 Å². The highest BCUT2D eigenvalue weighted by molar-refractivity contribution is 5.93. The molecule has 0 saturated heterocycles. The summed E-state index contributed by atoms with van der Waals surface area (Å²) >= 11 is 0. The monoisotopic (exact) mass is 298 g/mol. The van der Waals surface area contributed by atoms with Crippen LogP contribution >= 0.6 is 0 Å². The fourth-order valence-corrected chi connectivity index (χ4v) is 6.01. The standard InChI is InChI=1S/C20H26O2/c1-12-4-5-15-18-16(7-9-19(12,15)2)20(3)8-6-14(21)10-13(20)11-17(18)22/h6,8,11,15-18,22H,1,4-5,7,9-10H2,2-3H3/t15?,16?,17-,18?,19+,20-/m0/s1. The van der Waals surface area contributed by atoms with Gasteiger partial charge in [-0.05, 0) is 54.9 Å². The van der Waals surface area contributed by atoms with Crippen molar-refractivity contribution in [2.24, 2.45) is 28.6 Å². The highest BCUT2D eigenvalue weighted by Crippen LogP contribution is 2.64.